The maximum absolute atomic E-state index is 14.3. The topological polar surface area (TPSA) is 63.2 Å². The van der Waals surface area contributed by atoms with Crippen molar-refractivity contribution < 1.29 is 27.5 Å². The fourth-order valence-corrected chi connectivity index (χ4v) is 4.95. The maximum atomic E-state index is 14.3. The predicted molar refractivity (Wildman–Crippen MR) is 120 cm³/mol. The number of ether oxygens (including phenoxy) is 1. The van der Waals surface area contributed by atoms with Crippen LogP contribution in [-0.4, -0.2) is 42.1 Å². The number of benzene rings is 2. The summed E-state index contributed by atoms with van der Waals surface area (Å²) in [6.07, 6.45) is -5.28. The van der Waals surface area contributed by atoms with Gasteiger partial charge in [-0.05, 0) is 47.9 Å². The Bertz CT molecular complexity index is 1180. The number of halogens is 5. The second kappa shape index (κ2) is 8.32. The van der Waals surface area contributed by atoms with E-state index in [1.165, 1.54) is 18.2 Å². The number of hydrogen-bond acceptors (Lipinski definition) is 5. The first-order chi connectivity index (χ1) is 16.1. The lowest BCUT2D eigenvalue weighted by atomic mass is 9.89. The van der Waals surface area contributed by atoms with E-state index >= 15 is 0 Å². The first kappa shape index (κ1) is 23.3. The van der Waals surface area contributed by atoms with Gasteiger partial charge in [0.2, 0.25) is 0 Å². The van der Waals surface area contributed by atoms with Crippen LogP contribution in [0.25, 0.3) is 0 Å². The molecule has 3 aliphatic heterocycles. The highest BCUT2D eigenvalue weighted by Crippen LogP contribution is 2.50. The van der Waals surface area contributed by atoms with Crippen LogP contribution in [0.2, 0.25) is 10.0 Å². The Morgan fingerprint density at radius 2 is 1.76 bits per heavy atom. The molecule has 1 fully saturated rings. The van der Waals surface area contributed by atoms with Gasteiger partial charge in [-0.2, -0.15) is 13.2 Å². The number of fused-ring (bicyclic) bond motifs is 1. The first-order valence-electron chi connectivity index (χ1n) is 10.6. The minimum absolute atomic E-state index is 0.00266. The monoisotopic (exact) mass is 513 g/mol. The molecule has 0 aliphatic carbocycles. The molecular formula is C23H20Cl2F3N3O3. The van der Waals surface area contributed by atoms with Crippen molar-refractivity contribution >= 4 is 34.9 Å². The summed E-state index contributed by atoms with van der Waals surface area (Å²) in [4.78, 5) is 19.5. The highest BCUT2D eigenvalue weighted by atomic mass is 35.5. The van der Waals surface area contributed by atoms with Crippen molar-refractivity contribution in [2.75, 3.05) is 13.2 Å². The van der Waals surface area contributed by atoms with Gasteiger partial charge in [-0.1, -0.05) is 34.4 Å². The average Bonchev–Trinajstić information content (AvgIpc) is 3.33. The Morgan fingerprint density at radius 1 is 1.12 bits per heavy atom. The van der Waals surface area contributed by atoms with Crippen molar-refractivity contribution in [3.05, 3.63) is 68.2 Å². The molecule has 3 aliphatic rings. The summed E-state index contributed by atoms with van der Waals surface area (Å²) in [5, 5.41) is 6.91. The summed E-state index contributed by atoms with van der Waals surface area (Å²) < 4.78 is 47.9. The molecule has 0 spiro atoms. The van der Waals surface area contributed by atoms with E-state index < -0.39 is 18.2 Å². The second-order valence-electron chi connectivity index (χ2n) is 8.76. The predicted octanol–water partition coefficient (Wildman–Crippen LogP) is 4.94. The molecule has 34 heavy (non-hydrogen) atoms. The van der Waals surface area contributed by atoms with Crippen molar-refractivity contribution in [2.24, 2.45) is 5.16 Å². The SMILES string of the molecule is Cc1cc2c(cc1C(=O)NC1COC1)CN(C1=NOC(c3cc(Cl)cc(Cl)c3)(C(F)(F)F)C1)C2. The van der Waals surface area contributed by atoms with Gasteiger partial charge in [0.25, 0.3) is 11.5 Å². The van der Waals surface area contributed by atoms with Gasteiger partial charge in [-0.25, -0.2) is 0 Å². The molecule has 6 nitrogen and oxygen atoms in total. The lowest BCUT2D eigenvalue weighted by Gasteiger charge is -2.30. The fraction of sp³-hybridized carbons (Fsp3) is 0.391. The molecule has 3 heterocycles. The normalized spacial score (nSPS) is 22.2. The Morgan fingerprint density at radius 3 is 2.35 bits per heavy atom. The van der Waals surface area contributed by atoms with Crippen molar-refractivity contribution in [3.8, 4) is 0 Å². The Balaban J connectivity index is 1.37. The number of hydrogen-bond donors (Lipinski definition) is 1. The van der Waals surface area contributed by atoms with Crippen LogP contribution >= 0.6 is 23.2 Å². The molecule has 180 valence electrons. The van der Waals surface area contributed by atoms with E-state index in [0.29, 0.717) is 31.9 Å². The number of oxime groups is 1. The van der Waals surface area contributed by atoms with Crippen molar-refractivity contribution in [3.63, 3.8) is 0 Å². The lowest BCUT2D eigenvalue weighted by molar-refractivity contribution is -0.275. The van der Waals surface area contributed by atoms with Gasteiger partial charge < -0.3 is 19.8 Å². The third-order valence-electron chi connectivity index (χ3n) is 6.35. The minimum Gasteiger partial charge on any atom is -0.377 e. The summed E-state index contributed by atoms with van der Waals surface area (Å²) in [5.74, 6) is -0.0255. The van der Waals surface area contributed by atoms with Gasteiger partial charge in [0.05, 0.1) is 25.7 Å². The zero-order valence-electron chi connectivity index (χ0n) is 18.0. The molecule has 0 saturated carbocycles. The van der Waals surface area contributed by atoms with Gasteiger partial charge in [0.15, 0.2) is 0 Å². The molecule has 1 amide bonds. The zero-order valence-corrected chi connectivity index (χ0v) is 19.5. The number of nitrogens with one attached hydrogen (secondary N) is 1. The highest BCUT2D eigenvalue weighted by Gasteiger charge is 2.63. The van der Waals surface area contributed by atoms with E-state index in [4.69, 9.17) is 32.8 Å². The molecule has 0 aromatic heterocycles. The fourth-order valence-electron chi connectivity index (χ4n) is 4.43. The molecule has 0 bridgehead atoms. The van der Waals surface area contributed by atoms with Crippen LogP contribution in [0.3, 0.4) is 0 Å². The standard InChI is InChI=1S/C23H20Cl2F3N3O3/c1-12-2-13-8-31(9-14(13)3-19(12)21(32)29-18-10-33-11-18)20-7-22(34-30-20,23(26,27)28)15-4-16(24)6-17(25)5-15/h2-6,18H,7-11H2,1H3,(H,29,32). The van der Waals surface area contributed by atoms with Crippen LogP contribution < -0.4 is 5.32 Å². The second-order valence-corrected chi connectivity index (χ2v) is 9.63. The lowest BCUT2D eigenvalue weighted by Crippen LogP contribution is -2.48. The Kier molecular flexibility index (Phi) is 5.69. The van der Waals surface area contributed by atoms with Crippen LogP contribution in [0.1, 0.15) is 39.0 Å². The Hall–Kier alpha value is -2.49. The van der Waals surface area contributed by atoms with E-state index in [-0.39, 0.29) is 33.4 Å². The molecule has 1 atom stereocenters. The molecule has 11 heteroatoms. The van der Waals surface area contributed by atoms with Crippen molar-refractivity contribution in [1.29, 1.82) is 0 Å². The molecule has 0 radical (unpaired) electrons. The van der Waals surface area contributed by atoms with Crippen LogP contribution in [-0.2, 0) is 28.3 Å². The number of amides is 1. The van der Waals surface area contributed by atoms with Gasteiger partial charge in [0, 0.05) is 34.3 Å². The number of nitrogens with zero attached hydrogens (tertiary/aromatic N) is 2. The molecule has 5 rings (SSSR count). The van der Waals surface area contributed by atoms with Crippen LogP contribution in [0.15, 0.2) is 35.5 Å². The summed E-state index contributed by atoms with van der Waals surface area (Å²) in [6, 6.07) is 7.43. The number of rotatable bonds is 3. The van der Waals surface area contributed by atoms with Crippen LogP contribution in [0, 0.1) is 6.92 Å². The summed E-state index contributed by atoms with van der Waals surface area (Å²) >= 11 is 11.9. The quantitative estimate of drug-likeness (QED) is 0.631. The summed E-state index contributed by atoms with van der Waals surface area (Å²) in [6.45, 7) is 3.49. The smallest absolute Gasteiger partial charge is 0.377 e. The molecule has 1 saturated heterocycles. The largest absolute Gasteiger partial charge is 0.435 e. The third-order valence-corrected chi connectivity index (χ3v) is 6.79. The maximum Gasteiger partial charge on any atom is 0.435 e. The van der Waals surface area contributed by atoms with Gasteiger partial charge in [-0.15, -0.1) is 0 Å². The molecule has 1 unspecified atom stereocenters. The van der Waals surface area contributed by atoms with Crippen molar-refractivity contribution in [2.45, 2.75) is 44.3 Å². The number of alkyl halides is 3. The average molecular weight is 514 g/mol. The number of aryl methyl sites for hydroxylation is 1. The van der Waals surface area contributed by atoms with Crippen molar-refractivity contribution in [1.82, 2.24) is 10.2 Å². The summed E-state index contributed by atoms with van der Waals surface area (Å²) in [5.41, 5.74) is 0.231. The summed E-state index contributed by atoms with van der Waals surface area (Å²) in [7, 11) is 0. The van der Waals surface area contributed by atoms with E-state index in [1.54, 1.807) is 11.0 Å². The first-order valence-corrected chi connectivity index (χ1v) is 11.4. The van der Waals surface area contributed by atoms with Gasteiger partial charge in [0.1, 0.15) is 5.84 Å². The van der Waals surface area contributed by atoms with E-state index in [2.05, 4.69) is 10.5 Å². The molecule has 2 aromatic carbocycles. The van der Waals surface area contributed by atoms with Crippen LogP contribution in [0.4, 0.5) is 13.2 Å². The van der Waals surface area contributed by atoms with Crippen LogP contribution in [0.5, 0.6) is 0 Å². The number of amidine groups is 1. The number of carbonyl (C=O) groups excluding carboxylic acids is 1. The van der Waals surface area contributed by atoms with Gasteiger partial charge in [-0.3, -0.25) is 4.79 Å². The zero-order chi connectivity index (χ0) is 24.3. The Labute approximate surface area is 203 Å². The molecule has 1 N–H and O–H groups in total. The van der Waals surface area contributed by atoms with E-state index in [9.17, 15) is 18.0 Å². The third kappa shape index (κ3) is 3.99. The van der Waals surface area contributed by atoms with E-state index in [0.717, 1.165) is 16.7 Å². The minimum atomic E-state index is -4.76. The highest BCUT2D eigenvalue weighted by molar-refractivity contribution is 6.34. The number of carbonyl (C=O) groups is 1. The molecular weight excluding hydrogens is 494 g/mol. The molecule has 2 aromatic rings. The van der Waals surface area contributed by atoms with Gasteiger partial charge >= 0.3 is 6.18 Å². The van der Waals surface area contributed by atoms with E-state index in [1.807, 2.05) is 13.0 Å².